The Morgan fingerprint density at radius 1 is 0.378 bits per heavy atom. The lowest BCUT2D eigenvalue weighted by molar-refractivity contribution is 1.40. The molecule has 0 bridgehead atoms. The third kappa shape index (κ3) is 3.68. The van der Waals surface area contributed by atoms with E-state index >= 15 is 0 Å². The predicted octanol–water partition coefficient (Wildman–Crippen LogP) is 12.9. The first-order chi connectivity index (χ1) is 27.7. The van der Waals surface area contributed by atoms with Crippen molar-refractivity contribution in [3.8, 4) is 44.5 Å². The van der Waals surface area contributed by atoms with E-state index in [0.717, 1.165) is 37.9 Å². The van der Waals surface area contributed by atoms with Gasteiger partial charge >= 0.3 is 0 Å². The number of fused-ring (bicyclic) bond motifs is 2. The lowest BCUT2D eigenvalue weighted by atomic mass is 9.86. The highest BCUT2D eigenvalue weighted by molar-refractivity contribution is 7.99. The van der Waals surface area contributed by atoms with Crippen molar-refractivity contribution in [3.05, 3.63) is 157 Å². The summed E-state index contributed by atoms with van der Waals surface area (Å²) in [5, 5.41) is 1.66. The fourth-order valence-corrected chi connectivity index (χ4v) is 7.77. The van der Waals surface area contributed by atoms with Gasteiger partial charge in [-0.25, -0.2) is 0 Å². The molecule has 1 aliphatic rings. The average molecular weight is 600 g/mol. The monoisotopic (exact) mass is 599 g/mol. The van der Waals surface area contributed by atoms with Crippen molar-refractivity contribution >= 4 is 54.9 Å². The van der Waals surface area contributed by atoms with Gasteiger partial charge in [0.2, 0.25) is 0 Å². The molecule has 0 saturated heterocycles. The molecule has 0 N–H and O–H groups in total. The lowest BCUT2D eigenvalue weighted by Crippen LogP contribution is -1.94. The van der Waals surface area contributed by atoms with Gasteiger partial charge in [0.05, 0.1) is 17.8 Å². The molecule has 9 aromatic carbocycles. The van der Waals surface area contributed by atoms with E-state index < -0.39 is 78.1 Å². The molecule has 0 amide bonds. The van der Waals surface area contributed by atoms with E-state index in [4.69, 9.17) is 9.60 Å². The van der Waals surface area contributed by atoms with Gasteiger partial charge in [0.15, 0.2) is 0 Å². The van der Waals surface area contributed by atoms with Crippen molar-refractivity contribution in [2.75, 3.05) is 0 Å². The standard InChI is InChI=1S/C44H26S/c1-2-8-27(9-3-1)32-20-16-28-19-23-39-33(21-17-29-18-22-38(32)42(28)43(29)39)30-10-6-11-31(26-30)34-24-25-41-44-36(34)13-7-14-37(44)35-12-4-5-15-40(35)45-41/h1-26H/i1D,2D,3D,8D,9D,16D,17D,18D,19D,20D,21D,22D,23D. The quantitative estimate of drug-likeness (QED) is 0.182. The van der Waals surface area contributed by atoms with E-state index in [1.807, 2.05) is 36.4 Å². The molecule has 0 saturated carbocycles. The molecule has 0 atom stereocenters. The Morgan fingerprint density at radius 2 is 1.02 bits per heavy atom. The van der Waals surface area contributed by atoms with Crippen LogP contribution in [-0.4, -0.2) is 0 Å². The van der Waals surface area contributed by atoms with Crippen molar-refractivity contribution in [2.45, 2.75) is 9.79 Å². The molecule has 1 aliphatic heterocycles. The van der Waals surface area contributed by atoms with Crippen LogP contribution in [0.15, 0.2) is 167 Å². The Morgan fingerprint density at radius 3 is 1.80 bits per heavy atom. The maximum Gasteiger partial charge on any atom is 0.0630 e. The minimum absolute atomic E-state index is 0.0120. The summed E-state index contributed by atoms with van der Waals surface area (Å²) >= 11 is 1.71. The highest BCUT2D eigenvalue weighted by Gasteiger charge is 2.21. The summed E-state index contributed by atoms with van der Waals surface area (Å²) in [6.07, 6.45) is 0. The van der Waals surface area contributed by atoms with Crippen LogP contribution in [0.4, 0.5) is 0 Å². The van der Waals surface area contributed by atoms with Gasteiger partial charge in [-0.05, 0) is 100 Å². The number of rotatable bonds is 3. The van der Waals surface area contributed by atoms with Crippen molar-refractivity contribution in [1.29, 1.82) is 0 Å². The molecule has 0 aromatic heterocycles. The normalized spacial score (nSPS) is 16.4. The summed E-state index contributed by atoms with van der Waals surface area (Å²) in [6.45, 7) is 0. The van der Waals surface area contributed by atoms with Gasteiger partial charge in [-0.3, -0.25) is 0 Å². The number of benzene rings is 9. The van der Waals surface area contributed by atoms with Gasteiger partial charge in [0.1, 0.15) is 0 Å². The smallest absolute Gasteiger partial charge is 0.0630 e. The predicted molar refractivity (Wildman–Crippen MR) is 194 cm³/mol. The zero-order valence-electron chi connectivity index (χ0n) is 36.4. The first-order valence-electron chi connectivity index (χ1n) is 21.0. The van der Waals surface area contributed by atoms with Gasteiger partial charge in [-0.15, -0.1) is 0 Å². The second-order valence-electron chi connectivity index (χ2n) is 11.0. The van der Waals surface area contributed by atoms with Gasteiger partial charge in [0, 0.05) is 15.2 Å². The summed E-state index contributed by atoms with van der Waals surface area (Å²) in [5.41, 5.74) is 3.79. The Kier molecular flexibility index (Phi) is 3.31. The summed E-state index contributed by atoms with van der Waals surface area (Å²) < 4.78 is 116. The molecule has 0 nitrogen and oxygen atoms in total. The molecule has 0 aliphatic carbocycles. The summed E-state index contributed by atoms with van der Waals surface area (Å²) in [5.74, 6) is 0. The van der Waals surface area contributed by atoms with Crippen molar-refractivity contribution < 1.29 is 17.8 Å². The summed E-state index contributed by atoms with van der Waals surface area (Å²) in [6, 6.07) is 18.8. The zero-order valence-corrected chi connectivity index (χ0v) is 24.2. The summed E-state index contributed by atoms with van der Waals surface area (Å²) in [4.78, 5) is 2.29. The fourth-order valence-electron chi connectivity index (χ4n) is 6.64. The molecule has 208 valence electrons. The van der Waals surface area contributed by atoms with Crippen LogP contribution in [0.2, 0.25) is 0 Å². The molecule has 45 heavy (non-hydrogen) atoms. The zero-order chi connectivity index (χ0) is 40.8. The van der Waals surface area contributed by atoms with Crippen molar-refractivity contribution in [3.63, 3.8) is 0 Å². The van der Waals surface area contributed by atoms with Gasteiger partial charge in [0.25, 0.3) is 0 Å². The van der Waals surface area contributed by atoms with Gasteiger partial charge < -0.3 is 0 Å². The van der Waals surface area contributed by atoms with E-state index in [-0.39, 0.29) is 49.5 Å². The molecule has 1 heterocycles. The highest BCUT2D eigenvalue weighted by Crippen LogP contribution is 2.50. The van der Waals surface area contributed by atoms with E-state index in [2.05, 4.69) is 36.4 Å². The second kappa shape index (κ2) is 9.56. The number of hydrogen-bond donors (Lipinski definition) is 0. The van der Waals surface area contributed by atoms with Crippen LogP contribution in [0, 0.1) is 0 Å². The van der Waals surface area contributed by atoms with E-state index in [0.29, 0.717) is 5.56 Å². The van der Waals surface area contributed by atoms with Crippen molar-refractivity contribution in [2.24, 2.45) is 0 Å². The molecule has 0 fully saturated rings. The van der Waals surface area contributed by atoms with Crippen LogP contribution in [0.3, 0.4) is 0 Å². The lowest BCUT2D eigenvalue weighted by Gasteiger charge is -2.22. The first-order valence-corrected chi connectivity index (χ1v) is 15.3. The molecule has 9 aromatic rings. The largest absolute Gasteiger partial charge is 0.0888 e. The molecule has 0 radical (unpaired) electrons. The fraction of sp³-hybridized carbons (Fsp3) is 0. The molecule has 0 unspecified atom stereocenters. The third-order valence-electron chi connectivity index (χ3n) is 8.61. The van der Waals surface area contributed by atoms with Crippen LogP contribution in [-0.2, 0) is 0 Å². The Balaban J connectivity index is 1.31. The summed E-state index contributed by atoms with van der Waals surface area (Å²) in [7, 11) is 0. The van der Waals surface area contributed by atoms with E-state index in [1.165, 1.54) is 4.90 Å². The SMILES string of the molecule is [2H]c1c([2H])c([2H])c(-c2c([2H])c([2H])c3c([2H])c([2H])c4c(-c5cccc(-c6ccc7c8c(cccc68)-c6ccccc6S7)c5)c([2H])c([2H])c5c([2H])c([2H])c2c3c54)c([2H])c1[2H]. The van der Waals surface area contributed by atoms with Crippen LogP contribution < -0.4 is 0 Å². The molecule has 1 heteroatoms. The third-order valence-corrected chi connectivity index (χ3v) is 9.75. The highest BCUT2D eigenvalue weighted by atomic mass is 32.2. The first kappa shape index (κ1) is 15.6. The second-order valence-corrected chi connectivity index (χ2v) is 12.1. The minimum atomic E-state index is -0.686. The maximum atomic E-state index is 9.39. The van der Waals surface area contributed by atoms with Crippen molar-refractivity contribution in [1.82, 2.24) is 0 Å². The average Bonchev–Trinajstić information content (AvgIpc) is 3.23. The van der Waals surface area contributed by atoms with Crippen LogP contribution >= 0.6 is 11.8 Å². The Labute approximate surface area is 284 Å². The maximum absolute atomic E-state index is 9.39. The Bertz CT molecular complexity index is 3330. The van der Waals surface area contributed by atoms with Gasteiger partial charge in [-0.2, -0.15) is 0 Å². The molecule has 10 rings (SSSR count). The molecule has 0 spiro atoms. The van der Waals surface area contributed by atoms with E-state index in [1.54, 1.807) is 17.8 Å². The minimum Gasteiger partial charge on any atom is -0.0888 e. The van der Waals surface area contributed by atoms with Crippen LogP contribution in [0.1, 0.15) is 17.8 Å². The van der Waals surface area contributed by atoms with Crippen LogP contribution in [0.5, 0.6) is 0 Å². The van der Waals surface area contributed by atoms with Gasteiger partial charge in [-0.1, -0.05) is 151 Å². The Hall–Kier alpha value is -5.37. The van der Waals surface area contributed by atoms with Crippen LogP contribution in [0.25, 0.3) is 87.6 Å². The molecular formula is C44H26S. The molecular weight excluding hydrogens is 561 g/mol. The van der Waals surface area contributed by atoms with E-state index in [9.17, 15) is 8.22 Å². The number of hydrogen-bond acceptors (Lipinski definition) is 1. The topological polar surface area (TPSA) is 0 Å².